The molecular weight excluding hydrogens is 448 g/mol. The Kier molecular flexibility index (Phi) is 7.39. The second kappa shape index (κ2) is 10.8. The number of primary amides is 1. The quantitative estimate of drug-likeness (QED) is 0.362. The van der Waals surface area contributed by atoms with Gasteiger partial charge < -0.3 is 21.1 Å². The highest BCUT2D eigenvalue weighted by atomic mass is 16.5. The molecule has 1 aromatic heterocycles. The van der Waals surface area contributed by atoms with Crippen LogP contribution in [0.4, 0.5) is 0 Å². The summed E-state index contributed by atoms with van der Waals surface area (Å²) < 4.78 is 7.41. The number of carbonyl (C=O) groups excluding carboxylic acids is 3. The SMILES string of the molecule is CCNC(=O)c1ccc(-n2nnc(C(=O)NC3CC3)c2CCCOc2ccc(C(N)=O)cc2)cc1. The largest absolute Gasteiger partial charge is 0.494 e. The van der Waals surface area contributed by atoms with Crippen LogP contribution in [0.2, 0.25) is 0 Å². The number of amides is 3. The van der Waals surface area contributed by atoms with Crippen LogP contribution < -0.4 is 21.1 Å². The van der Waals surface area contributed by atoms with Crippen LogP contribution in [0.15, 0.2) is 48.5 Å². The van der Waals surface area contributed by atoms with Gasteiger partial charge in [0.15, 0.2) is 5.69 Å². The summed E-state index contributed by atoms with van der Waals surface area (Å²) in [5.41, 5.74) is 7.88. The van der Waals surface area contributed by atoms with E-state index in [1.54, 1.807) is 53.2 Å². The minimum atomic E-state index is -0.492. The molecule has 0 atom stereocenters. The van der Waals surface area contributed by atoms with Gasteiger partial charge >= 0.3 is 0 Å². The van der Waals surface area contributed by atoms with Crippen molar-refractivity contribution in [2.45, 2.75) is 38.6 Å². The van der Waals surface area contributed by atoms with Crippen molar-refractivity contribution in [2.75, 3.05) is 13.2 Å². The molecule has 1 saturated carbocycles. The lowest BCUT2D eigenvalue weighted by Crippen LogP contribution is -2.27. The van der Waals surface area contributed by atoms with Gasteiger partial charge in [-0.3, -0.25) is 14.4 Å². The summed E-state index contributed by atoms with van der Waals surface area (Å²) in [7, 11) is 0. The molecule has 3 amide bonds. The summed E-state index contributed by atoms with van der Waals surface area (Å²) in [4.78, 5) is 36.0. The minimum absolute atomic E-state index is 0.150. The highest BCUT2D eigenvalue weighted by Gasteiger charge is 2.27. The molecule has 1 aliphatic rings. The zero-order valence-corrected chi connectivity index (χ0v) is 19.5. The van der Waals surface area contributed by atoms with Crippen LogP contribution in [0.1, 0.15) is 63.1 Å². The van der Waals surface area contributed by atoms with Gasteiger partial charge in [0.25, 0.3) is 11.8 Å². The van der Waals surface area contributed by atoms with Crippen molar-refractivity contribution in [3.8, 4) is 11.4 Å². The van der Waals surface area contributed by atoms with Crippen molar-refractivity contribution in [3.63, 3.8) is 0 Å². The molecule has 0 bridgehead atoms. The van der Waals surface area contributed by atoms with Crippen LogP contribution in [0.3, 0.4) is 0 Å². The third kappa shape index (κ3) is 6.03. The fourth-order valence-corrected chi connectivity index (χ4v) is 3.55. The molecule has 0 unspecified atom stereocenters. The molecule has 10 heteroatoms. The standard InChI is InChI=1S/C25H28N6O4/c1-2-27-24(33)17-5-11-19(12-6-17)31-21(22(29-30-31)25(34)28-18-9-10-18)4-3-15-35-20-13-7-16(8-14-20)23(26)32/h5-8,11-14,18H,2-4,9-10,15H2,1H3,(H2,26,32)(H,27,33)(H,28,34). The molecule has 0 spiro atoms. The zero-order valence-electron chi connectivity index (χ0n) is 19.5. The van der Waals surface area contributed by atoms with Gasteiger partial charge in [-0.15, -0.1) is 5.10 Å². The van der Waals surface area contributed by atoms with Gasteiger partial charge in [0, 0.05) is 23.7 Å². The summed E-state index contributed by atoms with van der Waals surface area (Å²) in [6, 6.07) is 13.8. The van der Waals surface area contributed by atoms with Gasteiger partial charge in [-0.1, -0.05) is 5.21 Å². The number of ether oxygens (including phenoxy) is 1. The number of rotatable bonds is 11. The van der Waals surface area contributed by atoms with Crippen molar-refractivity contribution < 1.29 is 19.1 Å². The number of hydrogen-bond acceptors (Lipinski definition) is 6. The van der Waals surface area contributed by atoms with Crippen LogP contribution in [0.25, 0.3) is 5.69 Å². The van der Waals surface area contributed by atoms with E-state index in [0.717, 1.165) is 12.8 Å². The fraction of sp³-hybridized carbons (Fsp3) is 0.320. The van der Waals surface area contributed by atoms with Crippen LogP contribution in [0, 0.1) is 0 Å². The van der Waals surface area contributed by atoms with Crippen molar-refractivity contribution in [3.05, 3.63) is 71.0 Å². The average molecular weight is 477 g/mol. The monoisotopic (exact) mass is 476 g/mol. The van der Waals surface area contributed by atoms with Gasteiger partial charge in [-0.05, 0) is 81.1 Å². The number of aromatic nitrogens is 3. The van der Waals surface area contributed by atoms with Crippen molar-refractivity contribution in [1.82, 2.24) is 25.6 Å². The lowest BCUT2D eigenvalue weighted by atomic mass is 10.1. The third-order valence-electron chi connectivity index (χ3n) is 5.57. The number of hydrogen-bond donors (Lipinski definition) is 3. The zero-order chi connectivity index (χ0) is 24.8. The molecule has 0 radical (unpaired) electrons. The molecule has 0 aliphatic heterocycles. The van der Waals surface area contributed by atoms with E-state index < -0.39 is 5.91 Å². The Morgan fingerprint density at radius 1 is 1.03 bits per heavy atom. The normalized spacial score (nSPS) is 12.7. The summed E-state index contributed by atoms with van der Waals surface area (Å²) in [6.07, 6.45) is 3.04. The van der Waals surface area contributed by atoms with E-state index in [-0.39, 0.29) is 23.6 Å². The molecule has 4 rings (SSSR count). The maximum absolute atomic E-state index is 12.8. The number of nitrogens with one attached hydrogen (secondary N) is 2. The second-order valence-corrected chi connectivity index (χ2v) is 8.29. The maximum Gasteiger partial charge on any atom is 0.273 e. The Balaban J connectivity index is 1.47. The molecular formula is C25H28N6O4. The summed E-state index contributed by atoms with van der Waals surface area (Å²) in [5.74, 6) is -0.262. The Hall–Kier alpha value is -4.21. The minimum Gasteiger partial charge on any atom is -0.494 e. The van der Waals surface area contributed by atoms with Crippen LogP contribution in [-0.2, 0) is 6.42 Å². The first kappa shape index (κ1) is 23.9. The molecule has 182 valence electrons. The molecule has 2 aromatic carbocycles. The highest BCUT2D eigenvalue weighted by Crippen LogP contribution is 2.21. The topological polar surface area (TPSA) is 141 Å². The van der Waals surface area contributed by atoms with Crippen molar-refractivity contribution in [2.24, 2.45) is 5.73 Å². The lowest BCUT2D eigenvalue weighted by molar-refractivity contribution is 0.0940. The molecule has 1 aliphatic carbocycles. The van der Waals surface area contributed by atoms with E-state index in [2.05, 4.69) is 20.9 Å². The Morgan fingerprint density at radius 2 is 1.71 bits per heavy atom. The van der Waals surface area contributed by atoms with Crippen molar-refractivity contribution in [1.29, 1.82) is 0 Å². The summed E-state index contributed by atoms with van der Waals surface area (Å²) >= 11 is 0. The Bertz CT molecular complexity index is 1200. The molecule has 4 N–H and O–H groups in total. The van der Waals surface area contributed by atoms with Gasteiger partial charge in [-0.25, -0.2) is 4.68 Å². The van der Waals surface area contributed by atoms with Gasteiger partial charge in [0.2, 0.25) is 5.91 Å². The van der Waals surface area contributed by atoms with E-state index in [4.69, 9.17) is 10.5 Å². The van der Waals surface area contributed by atoms with E-state index in [1.165, 1.54) is 0 Å². The molecule has 0 saturated heterocycles. The van der Waals surface area contributed by atoms with Gasteiger partial charge in [0.1, 0.15) is 5.75 Å². The van der Waals surface area contributed by atoms with E-state index in [0.29, 0.717) is 54.3 Å². The Morgan fingerprint density at radius 3 is 2.34 bits per heavy atom. The highest BCUT2D eigenvalue weighted by molar-refractivity contribution is 5.95. The number of benzene rings is 2. The smallest absolute Gasteiger partial charge is 0.273 e. The number of carbonyl (C=O) groups is 3. The second-order valence-electron chi connectivity index (χ2n) is 8.29. The molecule has 1 heterocycles. The predicted octanol–water partition coefficient (Wildman–Crippen LogP) is 2.02. The molecule has 3 aromatic rings. The Labute approximate surface area is 202 Å². The molecule has 1 fully saturated rings. The van der Waals surface area contributed by atoms with E-state index in [9.17, 15) is 14.4 Å². The lowest BCUT2D eigenvalue weighted by Gasteiger charge is -2.10. The van der Waals surface area contributed by atoms with Crippen LogP contribution >= 0.6 is 0 Å². The number of nitrogens with two attached hydrogens (primary N) is 1. The van der Waals surface area contributed by atoms with E-state index in [1.807, 2.05) is 6.92 Å². The first-order valence-electron chi connectivity index (χ1n) is 11.6. The van der Waals surface area contributed by atoms with Crippen LogP contribution in [0.5, 0.6) is 5.75 Å². The maximum atomic E-state index is 12.8. The van der Waals surface area contributed by atoms with E-state index >= 15 is 0 Å². The predicted molar refractivity (Wildman–Crippen MR) is 129 cm³/mol. The summed E-state index contributed by atoms with van der Waals surface area (Å²) in [5, 5.41) is 14.1. The first-order valence-corrected chi connectivity index (χ1v) is 11.6. The molecule has 10 nitrogen and oxygen atoms in total. The van der Waals surface area contributed by atoms with Gasteiger partial charge in [0.05, 0.1) is 18.0 Å². The average Bonchev–Trinajstić information content (AvgIpc) is 3.57. The van der Waals surface area contributed by atoms with Gasteiger partial charge in [-0.2, -0.15) is 0 Å². The first-order chi connectivity index (χ1) is 17.0. The van der Waals surface area contributed by atoms with Crippen LogP contribution in [-0.4, -0.2) is 51.9 Å². The number of nitrogens with zero attached hydrogens (tertiary/aromatic N) is 3. The summed E-state index contributed by atoms with van der Waals surface area (Å²) in [6.45, 7) is 2.80. The molecule has 35 heavy (non-hydrogen) atoms. The third-order valence-corrected chi connectivity index (χ3v) is 5.57. The van der Waals surface area contributed by atoms with Crippen molar-refractivity contribution >= 4 is 17.7 Å². The fourth-order valence-electron chi connectivity index (χ4n) is 3.55.